The molecule has 0 aromatic carbocycles. The molecule has 1 unspecified atom stereocenters. The zero-order valence-electron chi connectivity index (χ0n) is 8.24. The lowest BCUT2D eigenvalue weighted by Crippen LogP contribution is -2.31. The number of rotatable bonds is 2. The van der Waals surface area contributed by atoms with Crippen molar-refractivity contribution in [3.05, 3.63) is 29.6 Å². The molecule has 3 heteroatoms. The highest BCUT2D eigenvalue weighted by atomic mass is 16.1. The minimum atomic E-state index is -0.254. The Kier molecular flexibility index (Phi) is 3.24. The van der Waals surface area contributed by atoms with E-state index in [1.54, 1.807) is 25.3 Å². The zero-order chi connectivity index (χ0) is 10.6. The van der Waals surface area contributed by atoms with Gasteiger partial charge in [-0.05, 0) is 26.0 Å². The summed E-state index contributed by atoms with van der Waals surface area (Å²) in [6.07, 6.45) is 6.75. The van der Waals surface area contributed by atoms with Gasteiger partial charge < -0.3 is 5.32 Å². The molecule has 1 atom stereocenters. The molecule has 0 spiro atoms. The molecule has 1 rings (SSSR count). The summed E-state index contributed by atoms with van der Waals surface area (Å²) >= 11 is 0. The van der Waals surface area contributed by atoms with E-state index in [-0.39, 0.29) is 11.9 Å². The van der Waals surface area contributed by atoms with Crippen molar-refractivity contribution >= 4 is 5.91 Å². The molecule has 1 heterocycles. The van der Waals surface area contributed by atoms with E-state index in [9.17, 15) is 4.79 Å². The first kappa shape index (κ1) is 10.3. The zero-order valence-corrected chi connectivity index (χ0v) is 8.24. The molecule has 1 aromatic rings. The summed E-state index contributed by atoms with van der Waals surface area (Å²) in [5, 5.41) is 2.67. The Labute approximate surface area is 83.6 Å². The van der Waals surface area contributed by atoms with E-state index in [4.69, 9.17) is 6.42 Å². The average molecular weight is 188 g/mol. The summed E-state index contributed by atoms with van der Waals surface area (Å²) in [6.45, 7) is 3.59. The van der Waals surface area contributed by atoms with Crippen LogP contribution in [0.2, 0.25) is 0 Å². The van der Waals surface area contributed by atoms with Crippen LogP contribution in [-0.2, 0) is 0 Å². The van der Waals surface area contributed by atoms with Crippen LogP contribution in [0.25, 0.3) is 0 Å². The highest BCUT2D eigenvalue weighted by Gasteiger charge is 2.07. The van der Waals surface area contributed by atoms with Crippen LogP contribution < -0.4 is 5.32 Å². The van der Waals surface area contributed by atoms with E-state index in [1.807, 2.05) is 6.92 Å². The third-order valence-corrected chi connectivity index (χ3v) is 1.76. The van der Waals surface area contributed by atoms with Crippen LogP contribution in [0, 0.1) is 19.3 Å². The predicted molar refractivity (Wildman–Crippen MR) is 54.7 cm³/mol. The molecule has 0 aliphatic carbocycles. The van der Waals surface area contributed by atoms with Crippen molar-refractivity contribution in [3.8, 4) is 12.3 Å². The van der Waals surface area contributed by atoms with Gasteiger partial charge in [-0.2, -0.15) is 0 Å². The van der Waals surface area contributed by atoms with E-state index >= 15 is 0 Å². The average Bonchev–Trinajstić information content (AvgIpc) is 2.17. The number of amides is 1. The van der Waals surface area contributed by atoms with Gasteiger partial charge in [-0.15, -0.1) is 6.42 Å². The Morgan fingerprint density at radius 2 is 2.43 bits per heavy atom. The molecule has 72 valence electrons. The van der Waals surface area contributed by atoms with Gasteiger partial charge in [0.1, 0.15) is 0 Å². The molecule has 0 radical (unpaired) electrons. The molecule has 1 amide bonds. The SMILES string of the molecule is C#CC(C)NC(=O)c1ccnc(C)c1. The topological polar surface area (TPSA) is 42.0 Å². The van der Waals surface area contributed by atoms with Gasteiger partial charge in [-0.25, -0.2) is 0 Å². The van der Waals surface area contributed by atoms with Gasteiger partial charge in [0, 0.05) is 17.5 Å². The van der Waals surface area contributed by atoms with Crippen LogP contribution in [0.15, 0.2) is 18.3 Å². The van der Waals surface area contributed by atoms with E-state index < -0.39 is 0 Å². The minimum Gasteiger partial charge on any atom is -0.339 e. The number of nitrogens with one attached hydrogen (secondary N) is 1. The summed E-state index contributed by atoms with van der Waals surface area (Å²) < 4.78 is 0. The molecule has 0 aliphatic heterocycles. The first-order valence-corrected chi connectivity index (χ1v) is 4.33. The Hall–Kier alpha value is -1.82. The van der Waals surface area contributed by atoms with E-state index in [2.05, 4.69) is 16.2 Å². The third-order valence-electron chi connectivity index (χ3n) is 1.76. The minimum absolute atomic E-state index is 0.166. The fourth-order valence-electron chi connectivity index (χ4n) is 1.01. The van der Waals surface area contributed by atoms with Crippen LogP contribution in [0.5, 0.6) is 0 Å². The van der Waals surface area contributed by atoms with Crippen LogP contribution in [0.3, 0.4) is 0 Å². The number of aryl methyl sites for hydroxylation is 1. The number of carbonyl (C=O) groups is 1. The van der Waals surface area contributed by atoms with Gasteiger partial charge in [0.2, 0.25) is 0 Å². The summed E-state index contributed by atoms with van der Waals surface area (Å²) in [4.78, 5) is 15.5. The highest BCUT2D eigenvalue weighted by molar-refractivity contribution is 5.94. The molecule has 1 N–H and O–H groups in total. The molecule has 1 aromatic heterocycles. The van der Waals surface area contributed by atoms with Crippen molar-refractivity contribution in [3.63, 3.8) is 0 Å². The lowest BCUT2D eigenvalue weighted by atomic mass is 10.2. The Bertz CT molecular complexity index is 379. The molecule has 14 heavy (non-hydrogen) atoms. The van der Waals surface area contributed by atoms with Gasteiger partial charge in [-0.1, -0.05) is 5.92 Å². The van der Waals surface area contributed by atoms with Gasteiger partial charge in [0.25, 0.3) is 5.91 Å². The quantitative estimate of drug-likeness (QED) is 0.707. The van der Waals surface area contributed by atoms with Crippen LogP contribution in [0.1, 0.15) is 23.0 Å². The highest BCUT2D eigenvalue weighted by Crippen LogP contribution is 2.00. The molecular formula is C11H12N2O. The van der Waals surface area contributed by atoms with Crippen molar-refractivity contribution in [1.82, 2.24) is 10.3 Å². The maximum absolute atomic E-state index is 11.5. The number of aromatic nitrogens is 1. The van der Waals surface area contributed by atoms with Crippen molar-refractivity contribution < 1.29 is 4.79 Å². The third kappa shape index (κ3) is 2.60. The maximum Gasteiger partial charge on any atom is 0.252 e. The van der Waals surface area contributed by atoms with E-state index in [1.165, 1.54) is 0 Å². The molecule has 0 saturated heterocycles. The fourth-order valence-corrected chi connectivity index (χ4v) is 1.01. The molecule has 0 fully saturated rings. The second kappa shape index (κ2) is 4.43. The van der Waals surface area contributed by atoms with Gasteiger partial charge in [0.05, 0.1) is 6.04 Å². The predicted octanol–water partition coefficient (Wildman–Crippen LogP) is 1.14. The second-order valence-corrected chi connectivity index (χ2v) is 3.05. The lowest BCUT2D eigenvalue weighted by Gasteiger charge is -2.07. The normalized spacial score (nSPS) is 11.5. The van der Waals surface area contributed by atoms with Gasteiger partial charge >= 0.3 is 0 Å². The van der Waals surface area contributed by atoms with Crippen molar-refractivity contribution in [1.29, 1.82) is 0 Å². The fraction of sp³-hybridized carbons (Fsp3) is 0.273. The Balaban J connectivity index is 2.76. The molecule has 3 nitrogen and oxygen atoms in total. The number of pyridine rings is 1. The molecular weight excluding hydrogens is 176 g/mol. The maximum atomic E-state index is 11.5. The van der Waals surface area contributed by atoms with Gasteiger partial charge in [0.15, 0.2) is 0 Å². The first-order chi connectivity index (χ1) is 6.63. The van der Waals surface area contributed by atoms with E-state index in [0.717, 1.165) is 5.69 Å². The summed E-state index contributed by atoms with van der Waals surface area (Å²) in [5.41, 5.74) is 1.39. The van der Waals surface area contributed by atoms with Crippen molar-refractivity contribution in [2.24, 2.45) is 0 Å². The smallest absolute Gasteiger partial charge is 0.252 e. The summed E-state index contributed by atoms with van der Waals surface area (Å²) in [7, 11) is 0. The summed E-state index contributed by atoms with van der Waals surface area (Å²) in [5.74, 6) is 2.27. The van der Waals surface area contributed by atoms with Gasteiger partial charge in [-0.3, -0.25) is 9.78 Å². The molecule has 0 saturated carbocycles. The number of nitrogens with zero attached hydrogens (tertiary/aromatic N) is 1. The molecule has 0 bridgehead atoms. The number of hydrogen-bond acceptors (Lipinski definition) is 2. The second-order valence-electron chi connectivity index (χ2n) is 3.05. The van der Waals surface area contributed by atoms with Crippen molar-refractivity contribution in [2.75, 3.05) is 0 Å². The lowest BCUT2D eigenvalue weighted by molar-refractivity contribution is 0.0948. The largest absolute Gasteiger partial charge is 0.339 e. The monoisotopic (exact) mass is 188 g/mol. The number of hydrogen-bond donors (Lipinski definition) is 1. The number of carbonyl (C=O) groups excluding carboxylic acids is 1. The molecule has 0 aliphatic rings. The van der Waals surface area contributed by atoms with Crippen LogP contribution in [0.4, 0.5) is 0 Å². The number of terminal acetylenes is 1. The first-order valence-electron chi connectivity index (χ1n) is 4.33. The van der Waals surface area contributed by atoms with Crippen molar-refractivity contribution in [2.45, 2.75) is 19.9 Å². The van der Waals surface area contributed by atoms with Crippen LogP contribution in [-0.4, -0.2) is 16.9 Å². The van der Waals surface area contributed by atoms with E-state index in [0.29, 0.717) is 5.56 Å². The standard InChI is InChI=1S/C11H12N2O/c1-4-8(2)13-11(14)10-5-6-12-9(3)7-10/h1,5-8H,2-3H3,(H,13,14). The summed E-state index contributed by atoms with van der Waals surface area (Å²) in [6, 6.07) is 3.13. The van der Waals surface area contributed by atoms with Crippen LogP contribution >= 0.6 is 0 Å². The Morgan fingerprint density at radius 3 is 3.00 bits per heavy atom. The Morgan fingerprint density at radius 1 is 1.71 bits per heavy atom.